The third-order valence-corrected chi connectivity index (χ3v) is 8.46. The summed E-state index contributed by atoms with van der Waals surface area (Å²) >= 11 is 0. The van der Waals surface area contributed by atoms with Crippen LogP contribution in [0.1, 0.15) is 65.7 Å². The molecule has 0 radical (unpaired) electrons. The van der Waals surface area contributed by atoms with Gasteiger partial charge in [0.25, 0.3) is 0 Å². The molecule has 2 aliphatic carbocycles. The Balaban J connectivity index is 1.39. The molecule has 1 aromatic heterocycles. The Morgan fingerprint density at radius 2 is 1.83 bits per heavy atom. The number of fused-ring (bicyclic) bond motifs is 1. The Morgan fingerprint density at radius 1 is 1.11 bits per heavy atom. The van der Waals surface area contributed by atoms with Crippen LogP contribution in [0.15, 0.2) is 30.3 Å². The zero-order valence-electron chi connectivity index (χ0n) is 22.2. The highest BCUT2D eigenvalue weighted by molar-refractivity contribution is 5.93. The number of hydrogen-bond donors (Lipinski definition) is 2. The van der Waals surface area contributed by atoms with Gasteiger partial charge in [0.1, 0.15) is 5.82 Å². The molecule has 6 nitrogen and oxygen atoms in total. The van der Waals surface area contributed by atoms with E-state index in [1.165, 1.54) is 12.1 Å². The second-order valence-corrected chi connectivity index (χ2v) is 11.6. The van der Waals surface area contributed by atoms with E-state index in [1.54, 1.807) is 0 Å². The fourth-order valence-electron chi connectivity index (χ4n) is 6.44. The van der Waals surface area contributed by atoms with Crippen LogP contribution in [0.3, 0.4) is 0 Å². The van der Waals surface area contributed by atoms with Gasteiger partial charge >= 0.3 is 6.09 Å². The van der Waals surface area contributed by atoms with Crippen molar-refractivity contribution < 1.29 is 9.90 Å². The number of para-hydroxylation sites is 1. The fourth-order valence-corrected chi connectivity index (χ4v) is 6.44. The highest BCUT2D eigenvalue weighted by Gasteiger charge is 2.38. The summed E-state index contributed by atoms with van der Waals surface area (Å²) in [6.07, 6.45) is 6.88. The first kappa shape index (κ1) is 25.6. The van der Waals surface area contributed by atoms with E-state index in [0.29, 0.717) is 36.3 Å². The number of carbonyl (C=O) groups is 1. The van der Waals surface area contributed by atoms with Gasteiger partial charge in [-0.2, -0.15) is 0 Å². The number of aromatic nitrogens is 1. The number of pyridine rings is 1. The zero-order chi connectivity index (χ0) is 25.1. The molecule has 2 N–H and O–H groups in total. The monoisotopic (exact) mass is 480 g/mol. The van der Waals surface area contributed by atoms with E-state index in [2.05, 4.69) is 69.3 Å². The average Bonchev–Trinajstić information content (AvgIpc) is 2.82. The number of nitrogens with zero attached hydrogens (tertiary/aromatic N) is 3. The highest BCUT2D eigenvalue weighted by Crippen LogP contribution is 2.38. The Bertz CT molecular complexity index is 999. The first-order chi connectivity index (χ1) is 16.7. The number of amides is 1. The normalized spacial score (nSPS) is 27.1. The minimum absolute atomic E-state index is 0.165. The third kappa shape index (κ3) is 6.02. The second kappa shape index (κ2) is 11.0. The predicted molar refractivity (Wildman–Crippen MR) is 145 cm³/mol. The lowest BCUT2D eigenvalue weighted by Crippen LogP contribution is -2.50. The summed E-state index contributed by atoms with van der Waals surface area (Å²) in [4.78, 5) is 21.2. The van der Waals surface area contributed by atoms with E-state index in [0.717, 1.165) is 55.2 Å². The van der Waals surface area contributed by atoms with Gasteiger partial charge in [0.15, 0.2) is 0 Å². The molecule has 1 heterocycles. The van der Waals surface area contributed by atoms with Gasteiger partial charge in [0, 0.05) is 49.9 Å². The molecule has 0 spiro atoms. The molecule has 2 saturated carbocycles. The van der Waals surface area contributed by atoms with Gasteiger partial charge in [-0.1, -0.05) is 45.4 Å². The molecule has 35 heavy (non-hydrogen) atoms. The number of hydrogen-bond acceptors (Lipinski definition) is 4. The topological polar surface area (TPSA) is 68.7 Å². The minimum Gasteiger partial charge on any atom is -0.465 e. The summed E-state index contributed by atoms with van der Waals surface area (Å²) in [5.41, 5.74) is 2.18. The molecule has 2 aromatic rings. The molecule has 4 rings (SSSR count). The molecule has 0 saturated heterocycles. The van der Waals surface area contributed by atoms with Crippen LogP contribution < -0.4 is 10.2 Å². The standard InChI is InChI=1S/C29H44N4O2/c1-19(2)23-15-10-20(3)16-27(23)33(29(34)35)18-21-11-13-22(14-12-21)30-28-17-26(32(4)5)24-8-6-7-9-25(24)31-28/h6-9,17,19-23,27H,10-16,18H2,1-5H3,(H,30,31)(H,34,35)/t20-,21?,22?,23+,27-/m1/s1. The molecular weight excluding hydrogens is 436 g/mol. The van der Waals surface area contributed by atoms with Gasteiger partial charge in [0.05, 0.1) is 5.52 Å². The summed E-state index contributed by atoms with van der Waals surface area (Å²) in [5, 5.41) is 15.0. The van der Waals surface area contributed by atoms with Crippen molar-refractivity contribution in [3.05, 3.63) is 30.3 Å². The van der Waals surface area contributed by atoms with Crippen LogP contribution >= 0.6 is 0 Å². The minimum atomic E-state index is -0.730. The van der Waals surface area contributed by atoms with Crippen LogP contribution in [0.2, 0.25) is 0 Å². The first-order valence-corrected chi connectivity index (χ1v) is 13.6. The summed E-state index contributed by atoms with van der Waals surface area (Å²) in [7, 11) is 4.14. The number of benzene rings is 1. The van der Waals surface area contributed by atoms with E-state index in [-0.39, 0.29) is 6.04 Å². The molecule has 2 fully saturated rings. The summed E-state index contributed by atoms with van der Waals surface area (Å²) in [6.45, 7) is 7.48. The smallest absolute Gasteiger partial charge is 0.407 e. The van der Waals surface area contributed by atoms with Crippen LogP contribution in [-0.4, -0.2) is 53.8 Å². The maximum atomic E-state index is 12.3. The quantitative estimate of drug-likeness (QED) is 0.461. The number of anilines is 2. The summed E-state index contributed by atoms with van der Waals surface area (Å²) < 4.78 is 0. The predicted octanol–water partition coefficient (Wildman–Crippen LogP) is 6.71. The second-order valence-electron chi connectivity index (χ2n) is 11.6. The Kier molecular flexibility index (Phi) is 8.08. The van der Waals surface area contributed by atoms with Gasteiger partial charge in [-0.15, -0.1) is 0 Å². The molecule has 3 atom stereocenters. The Hall–Kier alpha value is -2.50. The lowest BCUT2D eigenvalue weighted by atomic mass is 9.73. The van der Waals surface area contributed by atoms with Crippen molar-refractivity contribution in [1.82, 2.24) is 9.88 Å². The molecule has 0 aliphatic heterocycles. The lowest BCUT2D eigenvalue weighted by molar-refractivity contribution is 0.0440. The first-order valence-electron chi connectivity index (χ1n) is 13.6. The molecular formula is C29H44N4O2. The van der Waals surface area contributed by atoms with Gasteiger partial charge in [-0.25, -0.2) is 9.78 Å². The fraction of sp³-hybridized carbons (Fsp3) is 0.655. The highest BCUT2D eigenvalue weighted by atomic mass is 16.4. The van der Waals surface area contributed by atoms with Gasteiger partial charge < -0.3 is 20.2 Å². The molecule has 2 aliphatic rings. The lowest BCUT2D eigenvalue weighted by Gasteiger charge is -2.44. The van der Waals surface area contributed by atoms with Gasteiger partial charge in [-0.05, 0) is 68.3 Å². The maximum Gasteiger partial charge on any atom is 0.407 e. The molecule has 192 valence electrons. The Morgan fingerprint density at radius 3 is 2.49 bits per heavy atom. The summed E-state index contributed by atoms with van der Waals surface area (Å²) in [5.74, 6) is 2.98. The third-order valence-electron chi connectivity index (χ3n) is 8.46. The molecule has 1 aromatic carbocycles. The molecule has 6 heteroatoms. The van der Waals surface area contributed by atoms with E-state index in [1.807, 2.05) is 11.0 Å². The van der Waals surface area contributed by atoms with Crippen molar-refractivity contribution in [2.24, 2.45) is 23.7 Å². The van der Waals surface area contributed by atoms with Crippen molar-refractivity contribution >= 4 is 28.5 Å². The van der Waals surface area contributed by atoms with Crippen LogP contribution in [0.4, 0.5) is 16.3 Å². The average molecular weight is 481 g/mol. The van der Waals surface area contributed by atoms with Gasteiger partial charge in [0.2, 0.25) is 0 Å². The number of nitrogens with one attached hydrogen (secondary N) is 1. The van der Waals surface area contributed by atoms with Gasteiger partial charge in [-0.3, -0.25) is 0 Å². The largest absolute Gasteiger partial charge is 0.465 e. The van der Waals surface area contributed by atoms with E-state index < -0.39 is 6.09 Å². The Labute approximate surface area is 211 Å². The van der Waals surface area contributed by atoms with E-state index in [9.17, 15) is 9.90 Å². The van der Waals surface area contributed by atoms with Crippen LogP contribution in [0.5, 0.6) is 0 Å². The molecule has 0 unspecified atom stereocenters. The van der Waals surface area contributed by atoms with Crippen LogP contribution in [-0.2, 0) is 0 Å². The number of carboxylic acid groups (broad SMARTS) is 1. The van der Waals surface area contributed by atoms with Crippen molar-refractivity contribution in [2.45, 2.75) is 77.8 Å². The summed E-state index contributed by atoms with van der Waals surface area (Å²) in [6, 6.07) is 11.0. The van der Waals surface area contributed by atoms with Crippen molar-refractivity contribution in [2.75, 3.05) is 30.9 Å². The molecule has 0 bridgehead atoms. The molecule has 1 amide bonds. The SMILES string of the molecule is CC(C)[C@@H]1CC[C@@H](C)C[C@H]1N(CC1CCC(Nc2cc(N(C)C)c3ccccc3n2)CC1)C(=O)O. The number of rotatable bonds is 7. The van der Waals surface area contributed by atoms with E-state index in [4.69, 9.17) is 4.98 Å². The maximum absolute atomic E-state index is 12.3. The van der Waals surface area contributed by atoms with Crippen LogP contribution in [0.25, 0.3) is 10.9 Å². The zero-order valence-corrected chi connectivity index (χ0v) is 22.2. The van der Waals surface area contributed by atoms with Crippen molar-refractivity contribution in [1.29, 1.82) is 0 Å². The van der Waals surface area contributed by atoms with Crippen molar-refractivity contribution in [3.63, 3.8) is 0 Å². The van der Waals surface area contributed by atoms with Crippen molar-refractivity contribution in [3.8, 4) is 0 Å². The van der Waals surface area contributed by atoms with E-state index >= 15 is 0 Å². The van der Waals surface area contributed by atoms with Crippen LogP contribution in [0, 0.1) is 23.7 Å².